The van der Waals surface area contributed by atoms with Gasteiger partial charge < -0.3 is 9.67 Å². The van der Waals surface area contributed by atoms with E-state index in [2.05, 4.69) is 77.4 Å². The summed E-state index contributed by atoms with van der Waals surface area (Å²) < 4.78 is 2.43. The number of rotatable bonds is 6. The first-order valence-electron chi connectivity index (χ1n) is 9.51. The highest BCUT2D eigenvalue weighted by molar-refractivity contribution is 6.08. The highest BCUT2D eigenvalue weighted by Gasteiger charge is 2.13. The molecule has 0 aliphatic carbocycles. The third-order valence-corrected chi connectivity index (χ3v) is 5.26. The van der Waals surface area contributed by atoms with Crippen molar-refractivity contribution in [3.8, 4) is 0 Å². The molecular weight excluding hydrogens is 318 g/mol. The number of aliphatic hydroxyl groups is 1. The summed E-state index contributed by atoms with van der Waals surface area (Å²) in [6.07, 6.45) is 2.54. The van der Waals surface area contributed by atoms with Gasteiger partial charge in [0.15, 0.2) is 0 Å². The molecule has 0 saturated heterocycles. The first-order chi connectivity index (χ1) is 12.8. The molecule has 3 aromatic carbocycles. The maximum Gasteiger partial charge on any atom is 0.0787 e. The van der Waals surface area contributed by atoms with Gasteiger partial charge in [-0.25, -0.2) is 0 Å². The smallest absolute Gasteiger partial charge is 0.0787 e. The number of para-hydroxylation sites is 1. The fraction of sp³-hybridized carbons (Fsp3) is 0.250. The minimum absolute atomic E-state index is 0.389. The van der Waals surface area contributed by atoms with E-state index in [9.17, 15) is 5.11 Å². The van der Waals surface area contributed by atoms with Crippen molar-refractivity contribution in [3.63, 3.8) is 0 Å². The van der Waals surface area contributed by atoms with E-state index in [4.69, 9.17) is 0 Å². The summed E-state index contributed by atoms with van der Waals surface area (Å²) >= 11 is 0. The zero-order valence-corrected chi connectivity index (χ0v) is 15.2. The fourth-order valence-corrected chi connectivity index (χ4v) is 3.84. The lowest BCUT2D eigenvalue weighted by Gasteiger charge is -2.10. The van der Waals surface area contributed by atoms with Crippen LogP contribution in [0.5, 0.6) is 0 Å². The maximum atomic E-state index is 10.2. The van der Waals surface area contributed by atoms with E-state index in [0.717, 1.165) is 31.4 Å². The summed E-state index contributed by atoms with van der Waals surface area (Å²) in [5, 5.41) is 12.7. The normalized spacial score (nSPS) is 12.7. The van der Waals surface area contributed by atoms with Gasteiger partial charge in [0.2, 0.25) is 0 Å². The molecule has 1 N–H and O–H groups in total. The molecule has 0 saturated carbocycles. The van der Waals surface area contributed by atoms with Crippen molar-refractivity contribution in [3.05, 3.63) is 83.9 Å². The van der Waals surface area contributed by atoms with Gasteiger partial charge in [-0.2, -0.15) is 0 Å². The van der Waals surface area contributed by atoms with Gasteiger partial charge in [-0.1, -0.05) is 61.5 Å². The van der Waals surface area contributed by atoms with Crippen molar-refractivity contribution < 1.29 is 5.11 Å². The molecule has 0 fully saturated rings. The van der Waals surface area contributed by atoms with Gasteiger partial charge in [0, 0.05) is 28.4 Å². The topological polar surface area (TPSA) is 25.2 Å². The molecule has 26 heavy (non-hydrogen) atoms. The van der Waals surface area contributed by atoms with Crippen LogP contribution in [0, 0.1) is 0 Å². The molecule has 1 unspecified atom stereocenters. The molecule has 1 heterocycles. The van der Waals surface area contributed by atoms with Crippen LogP contribution < -0.4 is 0 Å². The standard InChI is InChI=1S/C24H25NO/c1-2-24(26)19-14-15-23-21(17-19)20-12-6-7-13-22(20)25(23)16-8-11-18-9-4-3-5-10-18/h3-7,9-10,12-15,17,24,26H,2,8,11,16H2,1H3. The zero-order valence-electron chi connectivity index (χ0n) is 15.2. The molecule has 0 amide bonds. The molecule has 0 spiro atoms. The predicted molar refractivity (Wildman–Crippen MR) is 109 cm³/mol. The van der Waals surface area contributed by atoms with Gasteiger partial charge in [-0.15, -0.1) is 0 Å². The Morgan fingerprint density at radius 1 is 0.846 bits per heavy atom. The van der Waals surface area contributed by atoms with Crippen LogP contribution in [0.4, 0.5) is 0 Å². The molecule has 4 aromatic rings. The van der Waals surface area contributed by atoms with Crippen LogP contribution in [0.15, 0.2) is 72.8 Å². The second-order valence-electron chi connectivity index (χ2n) is 6.96. The lowest BCUT2D eigenvalue weighted by atomic mass is 10.0. The van der Waals surface area contributed by atoms with Crippen molar-refractivity contribution in [2.45, 2.75) is 38.8 Å². The molecule has 4 rings (SSSR count). The summed E-state index contributed by atoms with van der Waals surface area (Å²) in [7, 11) is 0. The summed E-state index contributed by atoms with van der Waals surface area (Å²) in [5.74, 6) is 0. The van der Waals surface area contributed by atoms with Gasteiger partial charge in [0.25, 0.3) is 0 Å². The second-order valence-corrected chi connectivity index (χ2v) is 6.96. The Hall–Kier alpha value is -2.58. The number of aromatic nitrogens is 1. The first kappa shape index (κ1) is 16.9. The number of fused-ring (bicyclic) bond motifs is 3. The van der Waals surface area contributed by atoms with E-state index in [1.54, 1.807) is 0 Å². The maximum absolute atomic E-state index is 10.2. The molecule has 2 heteroatoms. The van der Waals surface area contributed by atoms with E-state index in [1.165, 1.54) is 27.4 Å². The van der Waals surface area contributed by atoms with E-state index in [1.807, 2.05) is 6.92 Å². The highest BCUT2D eigenvalue weighted by Crippen LogP contribution is 2.32. The number of hydrogen-bond acceptors (Lipinski definition) is 1. The van der Waals surface area contributed by atoms with E-state index in [-0.39, 0.29) is 6.10 Å². The van der Waals surface area contributed by atoms with Crippen molar-refractivity contribution in [1.29, 1.82) is 0 Å². The summed E-state index contributed by atoms with van der Waals surface area (Å²) in [4.78, 5) is 0. The highest BCUT2D eigenvalue weighted by atomic mass is 16.3. The lowest BCUT2D eigenvalue weighted by Crippen LogP contribution is -2.00. The average molecular weight is 343 g/mol. The Labute approximate surface area is 154 Å². The van der Waals surface area contributed by atoms with Crippen LogP contribution in [0.2, 0.25) is 0 Å². The molecular formula is C24H25NO. The predicted octanol–water partition coefficient (Wildman–Crippen LogP) is 5.87. The van der Waals surface area contributed by atoms with Gasteiger partial charge in [-0.3, -0.25) is 0 Å². The van der Waals surface area contributed by atoms with Gasteiger partial charge in [0.1, 0.15) is 0 Å². The second kappa shape index (κ2) is 7.35. The third-order valence-electron chi connectivity index (χ3n) is 5.26. The largest absolute Gasteiger partial charge is 0.388 e. The van der Waals surface area contributed by atoms with Crippen molar-refractivity contribution in [2.24, 2.45) is 0 Å². The lowest BCUT2D eigenvalue weighted by molar-refractivity contribution is 0.174. The van der Waals surface area contributed by atoms with Crippen LogP contribution in [0.25, 0.3) is 21.8 Å². The quantitative estimate of drug-likeness (QED) is 0.465. The van der Waals surface area contributed by atoms with Crippen molar-refractivity contribution in [1.82, 2.24) is 4.57 Å². The van der Waals surface area contributed by atoms with Crippen LogP contribution >= 0.6 is 0 Å². The Balaban J connectivity index is 1.70. The Morgan fingerprint density at radius 3 is 2.38 bits per heavy atom. The van der Waals surface area contributed by atoms with Crippen molar-refractivity contribution >= 4 is 21.8 Å². The van der Waals surface area contributed by atoms with Crippen LogP contribution in [-0.4, -0.2) is 9.67 Å². The van der Waals surface area contributed by atoms with Crippen LogP contribution in [0.1, 0.15) is 37.0 Å². The minimum atomic E-state index is -0.389. The first-order valence-corrected chi connectivity index (χ1v) is 9.51. The Kier molecular flexibility index (Phi) is 4.77. The molecule has 0 aliphatic rings. The molecule has 0 radical (unpaired) electrons. The minimum Gasteiger partial charge on any atom is -0.388 e. The number of aryl methyl sites for hydroxylation is 2. The molecule has 1 atom stereocenters. The molecule has 0 aliphatic heterocycles. The Bertz CT molecular complexity index is 1020. The average Bonchev–Trinajstić information content (AvgIpc) is 3.01. The molecule has 2 nitrogen and oxygen atoms in total. The number of nitrogens with zero attached hydrogens (tertiary/aromatic N) is 1. The van der Waals surface area contributed by atoms with Gasteiger partial charge in [-0.05, 0) is 48.6 Å². The summed E-state index contributed by atoms with van der Waals surface area (Å²) in [6, 6.07) is 25.7. The third kappa shape index (κ3) is 3.13. The molecule has 1 aromatic heterocycles. The van der Waals surface area contributed by atoms with E-state index in [0.29, 0.717) is 0 Å². The summed E-state index contributed by atoms with van der Waals surface area (Å²) in [6.45, 7) is 3.01. The fourth-order valence-electron chi connectivity index (χ4n) is 3.84. The monoisotopic (exact) mass is 343 g/mol. The van der Waals surface area contributed by atoms with Gasteiger partial charge in [0.05, 0.1) is 6.10 Å². The van der Waals surface area contributed by atoms with Crippen LogP contribution in [-0.2, 0) is 13.0 Å². The SMILES string of the molecule is CCC(O)c1ccc2c(c1)c1ccccc1n2CCCc1ccccc1. The number of benzene rings is 3. The number of hydrogen-bond donors (Lipinski definition) is 1. The van der Waals surface area contributed by atoms with E-state index >= 15 is 0 Å². The van der Waals surface area contributed by atoms with Crippen molar-refractivity contribution in [2.75, 3.05) is 0 Å². The molecule has 132 valence electrons. The summed E-state index contributed by atoms with van der Waals surface area (Å²) in [5.41, 5.74) is 4.93. The van der Waals surface area contributed by atoms with Crippen LogP contribution in [0.3, 0.4) is 0 Å². The number of aliphatic hydroxyl groups excluding tert-OH is 1. The molecule has 0 bridgehead atoms. The van der Waals surface area contributed by atoms with Gasteiger partial charge >= 0.3 is 0 Å². The van der Waals surface area contributed by atoms with E-state index < -0.39 is 0 Å². The Morgan fingerprint density at radius 2 is 1.58 bits per heavy atom. The zero-order chi connectivity index (χ0) is 17.9.